The molecule has 2 heterocycles. The molecule has 0 N–H and O–H groups in total. The van der Waals surface area contributed by atoms with Crippen LogP contribution in [0.5, 0.6) is 5.75 Å². The Hall–Kier alpha value is -1.55. The number of methoxy groups -OCH3 is 1. The van der Waals surface area contributed by atoms with E-state index in [0.717, 1.165) is 24.2 Å². The number of hydrogen-bond acceptors (Lipinski definition) is 4. The predicted molar refractivity (Wildman–Crippen MR) is 80.2 cm³/mol. The SMILES string of the molecule is COc1cccc(C2(OC(C)=O)CC3CCCC2N3C)c1. The Labute approximate surface area is 126 Å². The van der Waals surface area contributed by atoms with Gasteiger partial charge in [0.15, 0.2) is 5.60 Å². The highest BCUT2D eigenvalue weighted by atomic mass is 16.6. The highest BCUT2D eigenvalue weighted by molar-refractivity contribution is 5.67. The van der Waals surface area contributed by atoms with E-state index in [9.17, 15) is 4.79 Å². The van der Waals surface area contributed by atoms with Crippen LogP contribution in [-0.2, 0) is 15.1 Å². The van der Waals surface area contributed by atoms with Gasteiger partial charge in [-0.05, 0) is 32.0 Å². The van der Waals surface area contributed by atoms with Gasteiger partial charge in [-0.25, -0.2) is 0 Å². The van der Waals surface area contributed by atoms with Crippen LogP contribution < -0.4 is 4.74 Å². The van der Waals surface area contributed by atoms with Gasteiger partial charge in [0.1, 0.15) is 5.75 Å². The van der Waals surface area contributed by atoms with Crippen molar-refractivity contribution in [3.8, 4) is 5.75 Å². The predicted octanol–water partition coefficient (Wildman–Crippen LogP) is 2.71. The normalized spacial score (nSPS) is 32.0. The summed E-state index contributed by atoms with van der Waals surface area (Å²) in [5.74, 6) is 0.599. The van der Waals surface area contributed by atoms with Crippen molar-refractivity contribution in [2.24, 2.45) is 0 Å². The van der Waals surface area contributed by atoms with Crippen LogP contribution in [0, 0.1) is 0 Å². The summed E-state index contributed by atoms with van der Waals surface area (Å²) >= 11 is 0. The van der Waals surface area contributed by atoms with Crippen molar-refractivity contribution in [3.63, 3.8) is 0 Å². The number of carbonyl (C=O) groups is 1. The summed E-state index contributed by atoms with van der Waals surface area (Å²) in [6, 6.07) is 8.72. The van der Waals surface area contributed by atoms with Crippen molar-refractivity contribution in [2.45, 2.75) is 50.3 Å². The zero-order valence-corrected chi connectivity index (χ0v) is 13.0. The molecule has 4 heteroatoms. The Bertz CT molecular complexity index is 545. The Kier molecular flexibility index (Phi) is 3.66. The molecule has 3 rings (SSSR count). The molecule has 3 unspecified atom stereocenters. The molecule has 21 heavy (non-hydrogen) atoms. The maximum absolute atomic E-state index is 11.8. The molecule has 0 spiro atoms. The third kappa shape index (κ3) is 2.31. The van der Waals surface area contributed by atoms with Gasteiger partial charge >= 0.3 is 5.97 Å². The molecule has 2 fully saturated rings. The number of rotatable bonds is 3. The second-order valence-corrected chi connectivity index (χ2v) is 6.19. The maximum Gasteiger partial charge on any atom is 0.303 e. The second-order valence-electron chi connectivity index (χ2n) is 6.19. The summed E-state index contributed by atoms with van der Waals surface area (Å²) in [6.45, 7) is 1.50. The molecule has 1 aromatic carbocycles. The molecule has 3 atom stereocenters. The molecule has 2 bridgehead atoms. The fraction of sp³-hybridized carbons (Fsp3) is 0.588. The molecule has 0 aromatic heterocycles. The number of nitrogens with zero attached hydrogens (tertiary/aromatic N) is 1. The maximum atomic E-state index is 11.8. The van der Waals surface area contributed by atoms with E-state index in [2.05, 4.69) is 18.0 Å². The molecule has 1 aromatic rings. The van der Waals surface area contributed by atoms with Gasteiger partial charge in [0.05, 0.1) is 13.2 Å². The van der Waals surface area contributed by atoms with Gasteiger partial charge in [-0.1, -0.05) is 18.6 Å². The number of likely N-dealkylation sites (N-methyl/N-ethyl adjacent to an activating group) is 1. The van der Waals surface area contributed by atoms with E-state index in [-0.39, 0.29) is 12.0 Å². The van der Waals surface area contributed by atoms with Crippen molar-refractivity contribution in [1.82, 2.24) is 4.90 Å². The fourth-order valence-electron chi connectivity index (χ4n) is 4.12. The topological polar surface area (TPSA) is 38.8 Å². The summed E-state index contributed by atoms with van der Waals surface area (Å²) < 4.78 is 11.3. The van der Waals surface area contributed by atoms with Crippen LogP contribution in [0.2, 0.25) is 0 Å². The van der Waals surface area contributed by atoms with Gasteiger partial charge in [-0.15, -0.1) is 0 Å². The molecule has 114 valence electrons. The zero-order chi connectivity index (χ0) is 15.0. The standard InChI is InChI=1S/C17H23NO3/c1-12(19)21-17(13-6-4-8-15(10-13)20-3)11-14-7-5-9-16(17)18(14)2/h4,6,8,10,14,16H,5,7,9,11H2,1-3H3. The molecule has 4 nitrogen and oxygen atoms in total. The number of ether oxygens (including phenoxy) is 2. The minimum absolute atomic E-state index is 0.209. The van der Waals surface area contributed by atoms with Crippen LogP contribution in [0.15, 0.2) is 24.3 Å². The Morgan fingerprint density at radius 1 is 1.38 bits per heavy atom. The number of piperidine rings is 1. The molecule has 0 amide bonds. The average molecular weight is 289 g/mol. The molecule has 0 saturated carbocycles. The first-order valence-corrected chi connectivity index (χ1v) is 7.63. The first kappa shape index (κ1) is 14.4. The van der Waals surface area contributed by atoms with Crippen LogP contribution in [0.25, 0.3) is 0 Å². The van der Waals surface area contributed by atoms with Crippen LogP contribution in [-0.4, -0.2) is 37.1 Å². The summed E-state index contributed by atoms with van der Waals surface area (Å²) in [6.07, 6.45) is 4.32. The smallest absolute Gasteiger partial charge is 0.303 e. The summed E-state index contributed by atoms with van der Waals surface area (Å²) in [4.78, 5) is 14.2. The van der Waals surface area contributed by atoms with Crippen molar-refractivity contribution < 1.29 is 14.3 Å². The van der Waals surface area contributed by atoms with Crippen LogP contribution in [0.4, 0.5) is 0 Å². The largest absolute Gasteiger partial charge is 0.497 e. The van der Waals surface area contributed by atoms with E-state index in [1.807, 2.05) is 18.2 Å². The van der Waals surface area contributed by atoms with Crippen LogP contribution >= 0.6 is 0 Å². The van der Waals surface area contributed by atoms with Gasteiger partial charge in [0, 0.05) is 24.9 Å². The van der Waals surface area contributed by atoms with Gasteiger partial charge in [0.25, 0.3) is 0 Å². The third-order valence-electron chi connectivity index (χ3n) is 5.04. The van der Waals surface area contributed by atoms with Gasteiger partial charge in [0.2, 0.25) is 0 Å². The van der Waals surface area contributed by atoms with Crippen molar-refractivity contribution >= 4 is 5.97 Å². The van der Waals surface area contributed by atoms with Crippen molar-refractivity contribution in [3.05, 3.63) is 29.8 Å². The quantitative estimate of drug-likeness (QED) is 0.802. The third-order valence-corrected chi connectivity index (χ3v) is 5.04. The van der Waals surface area contributed by atoms with Crippen molar-refractivity contribution in [1.29, 1.82) is 0 Å². The number of hydrogen-bond donors (Lipinski definition) is 0. The van der Waals surface area contributed by atoms with Gasteiger partial charge in [-0.3, -0.25) is 9.69 Å². The summed E-state index contributed by atoms with van der Waals surface area (Å²) in [5, 5.41) is 0. The Morgan fingerprint density at radius 3 is 2.86 bits per heavy atom. The Morgan fingerprint density at radius 2 is 2.19 bits per heavy atom. The minimum Gasteiger partial charge on any atom is -0.497 e. The van der Waals surface area contributed by atoms with Crippen LogP contribution in [0.3, 0.4) is 0 Å². The minimum atomic E-state index is -0.531. The number of esters is 1. The van der Waals surface area contributed by atoms with Crippen molar-refractivity contribution in [2.75, 3.05) is 14.2 Å². The molecule has 0 radical (unpaired) electrons. The lowest BCUT2D eigenvalue weighted by molar-refractivity contribution is -0.161. The highest BCUT2D eigenvalue weighted by Gasteiger charge is 2.55. The van der Waals surface area contributed by atoms with E-state index < -0.39 is 5.60 Å². The first-order chi connectivity index (χ1) is 10.1. The molecule has 2 aliphatic heterocycles. The van der Waals surface area contributed by atoms with Gasteiger partial charge in [-0.2, -0.15) is 0 Å². The lowest BCUT2D eigenvalue weighted by Crippen LogP contribution is -2.46. The lowest BCUT2D eigenvalue weighted by atomic mass is 9.84. The second kappa shape index (κ2) is 5.34. The molecule has 2 aliphatic rings. The monoisotopic (exact) mass is 289 g/mol. The molecule has 2 saturated heterocycles. The van der Waals surface area contributed by atoms with E-state index >= 15 is 0 Å². The average Bonchev–Trinajstić information content (AvgIpc) is 2.63. The van der Waals surface area contributed by atoms with Crippen LogP contribution in [0.1, 0.15) is 38.2 Å². The molecular formula is C17H23NO3. The molecular weight excluding hydrogens is 266 g/mol. The van der Waals surface area contributed by atoms with Gasteiger partial charge < -0.3 is 9.47 Å². The highest BCUT2D eigenvalue weighted by Crippen LogP contribution is 2.50. The molecule has 0 aliphatic carbocycles. The number of carbonyl (C=O) groups excluding carboxylic acids is 1. The first-order valence-electron chi connectivity index (χ1n) is 7.63. The summed E-state index contributed by atoms with van der Waals surface area (Å²) in [7, 11) is 3.82. The number of fused-ring (bicyclic) bond motifs is 2. The van der Waals surface area contributed by atoms with E-state index in [0.29, 0.717) is 6.04 Å². The number of benzene rings is 1. The Balaban J connectivity index is 2.07. The lowest BCUT2D eigenvalue weighted by Gasteiger charge is -2.38. The van der Waals surface area contributed by atoms with E-state index in [4.69, 9.17) is 9.47 Å². The van der Waals surface area contributed by atoms with E-state index in [1.165, 1.54) is 19.8 Å². The zero-order valence-electron chi connectivity index (χ0n) is 13.0. The summed E-state index contributed by atoms with van der Waals surface area (Å²) in [5.41, 5.74) is 0.523. The fourth-order valence-corrected chi connectivity index (χ4v) is 4.12. The van der Waals surface area contributed by atoms with E-state index in [1.54, 1.807) is 7.11 Å².